The van der Waals surface area contributed by atoms with Crippen LogP contribution in [-0.2, 0) is 6.54 Å². The van der Waals surface area contributed by atoms with Gasteiger partial charge in [-0.25, -0.2) is 0 Å². The van der Waals surface area contributed by atoms with Crippen LogP contribution in [0.4, 0.5) is 0 Å². The SMILES string of the molecule is CNCc1ccc(-c2ccc(OC)c(C)c2OC)nn1. The number of nitrogens with zero attached hydrogens (tertiary/aromatic N) is 2. The highest BCUT2D eigenvalue weighted by Gasteiger charge is 2.14. The van der Waals surface area contributed by atoms with E-state index in [0.29, 0.717) is 6.54 Å². The summed E-state index contributed by atoms with van der Waals surface area (Å²) in [5, 5.41) is 11.5. The Hall–Kier alpha value is -2.14. The van der Waals surface area contributed by atoms with Crippen molar-refractivity contribution in [3.05, 3.63) is 35.5 Å². The highest BCUT2D eigenvalue weighted by molar-refractivity contribution is 5.71. The molecule has 106 valence electrons. The first-order chi connectivity index (χ1) is 9.71. The Balaban J connectivity index is 2.44. The molecule has 1 aromatic heterocycles. The normalized spacial score (nSPS) is 10.4. The molecule has 20 heavy (non-hydrogen) atoms. The third-order valence-electron chi connectivity index (χ3n) is 3.13. The van der Waals surface area contributed by atoms with Gasteiger partial charge in [-0.3, -0.25) is 0 Å². The first-order valence-corrected chi connectivity index (χ1v) is 6.40. The smallest absolute Gasteiger partial charge is 0.134 e. The molecule has 0 spiro atoms. The molecule has 0 saturated heterocycles. The summed E-state index contributed by atoms with van der Waals surface area (Å²) in [5.74, 6) is 1.56. The van der Waals surface area contributed by atoms with Gasteiger partial charge in [0, 0.05) is 17.7 Å². The summed E-state index contributed by atoms with van der Waals surface area (Å²) in [4.78, 5) is 0. The van der Waals surface area contributed by atoms with E-state index in [-0.39, 0.29) is 0 Å². The fourth-order valence-electron chi connectivity index (χ4n) is 2.14. The van der Waals surface area contributed by atoms with Crippen LogP contribution in [0.2, 0.25) is 0 Å². The van der Waals surface area contributed by atoms with Gasteiger partial charge in [0.2, 0.25) is 0 Å². The lowest BCUT2D eigenvalue weighted by atomic mass is 10.1. The van der Waals surface area contributed by atoms with Gasteiger partial charge < -0.3 is 14.8 Å². The molecule has 0 radical (unpaired) electrons. The second-order valence-corrected chi connectivity index (χ2v) is 4.41. The largest absolute Gasteiger partial charge is 0.496 e. The van der Waals surface area contributed by atoms with Gasteiger partial charge in [-0.15, -0.1) is 0 Å². The van der Waals surface area contributed by atoms with Gasteiger partial charge in [0.1, 0.15) is 11.5 Å². The quantitative estimate of drug-likeness (QED) is 0.905. The Bertz CT molecular complexity index is 582. The molecular weight excluding hydrogens is 254 g/mol. The highest BCUT2D eigenvalue weighted by Crippen LogP contribution is 2.36. The summed E-state index contributed by atoms with van der Waals surface area (Å²) in [5.41, 5.74) is 3.55. The lowest BCUT2D eigenvalue weighted by Crippen LogP contribution is -2.07. The summed E-state index contributed by atoms with van der Waals surface area (Å²) in [7, 11) is 5.17. The Morgan fingerprint density at radius 2 is 1.85 bits per heavy atom. The van der Waals surface area contributed by atoms with Crippen molar-refractivity contribution < 1.29 is 9.47 Å². The second-order valence-electron chi connectivity index (χ2n) is 4.41. The highest BCUT2D eigenvalue weighted by atomic mass is 16.5. The molecule has 0 aliphatic heterocycles. The van der Waals surface area contributed by atoms with Crippen molar-refractivity contribution in [2.75, 3.05) is 21.3 Å². The van der Waals surface area contributed by atoms with Crippen LogP contribution in [-0.4, -0.2) is 31.5 Å². The van der Waals surface area contributed by atoms with Crippen molar-refractivity contribution in [3.63, 3.8) is 0 Å². The maximum absolute atomic E-state index is 5.49. The number of rotatable bonds is 5. The van der Waals surface area contributed by atoms with Crippen LogP contribution in [0.5, 0.6) is 11.5 Å². The van der Waals surface area contributed by atoms with Crippen molar-refractivity contribution in [2.45, 2.75) is 13.5 Å². The zero-order valence-corrected chi connectivity index (χ0v) is 12.2. The average Bonchev–Trinajstić information content (AvgIpc) is 2.48. The molecule has 0 atom stereocenters. The van der Waals surface area contributed by atoms with Gasteiger partial charge in [0.05, 0.1) is 25.6 Å². The molecule has 1 aromatic carbocycles. The summed E-state index contributed by atoms with van der Waals surface area (Å²) < 4.78 is 10.8. The fourth-order valence-corrected chi connectivity index (χ4v) is 2.14. The Kier molecular flexibility index (Phi) is 4.53. The van der Waals surface area contributed by atoms with Gasteiger partial charge in [-0.2, -0.15) is 10.2 Å². The van der Waals surface area contributed by atoms with Crippen molar-refractivity contribution in [1.29, 1.82) is 0 Å². The monoisotopic (exact) mass is 273 g/mol. The van der Waals surface area contributed by atoms with Gasteiger partial charge in [-0.05, 0) is 38.2 Å². The Morgan fingerprint density at radius 3 is 2.40 bits per heavy atom. The van der Waals surface area contributed by atoms with Gasteiger partial charge in [0.15, 0.2) is 0 Å². The van der Waals surface area contributed by atoms with E-state index < -0.39 is 0 Å². The van der Waals surface area contributed by atoms with Gasteiger partial charge in [-0.1, -0.05) is 0 Å². The minimum atomic E-state index is 0.700. The van der Waals surface area contributed by atoms with Crippen LogP contribution in [0.1, 0.15) is 11.3 Å². The number of ether oxygens (including phenoxy) is 2. The van der Waals surface area contributed by atoms with E-state index >= 15 is 0 Å². The molecule has 1 heterocycles. The topological polar surface area (TPSA) is 56.3 Å². The predicted molar refractivity (Wildman–Crippen MR) is 78.1 cm³/mol. The van der Waals surface area contributed by atoms with Crippen LogP contribution in [0.15, 0.2) is 24.3 Å². The third kappa shape index (κ3) is 2.72. The molecule has 5 heteroatoms. The second kappa shape index (κ2) is 6.34. The molecule has 0 aliphatic rings. The minimum absolute atomic E-state index is 0.700. The number of hydrogen-bond acceptors (Lipinski definition) is 5. The van der Waals surface area contributed by atoms with E-state index in [4.69, 9.17) is 9.47 Å². The van der Waals surface area contributed by atoms with Crippen LogP contribution in [0.25, 0.3) is 11.3 Å². The van der Waals surface area contributed by atoms with Crippen molar-refractivity contribution in [2.24, 2.45) is 0 Å². The van der Waals surface area contributed by atoms with Crippen LogP contribution >= 0.6 is 0 Å². The van der Waals surface area contributed by atoms with E-state index in [9.17, 15) is 0 Å². The summed E-state index contributed by atoms with van der Waals surface area (Å²) in [6.45, 7) is 2.66. The van der Waals surface area contributed by atoms with Crippen molar-refractivity contribution >= 4 is 0 Å². The third-order valence-corrected chi connectivity index (χ3v) is 3.13. The van der Waals surface area contributed by atoms with Crippen LogP contribution in [0.3, 0.4) is 0 Å². The van der Waals surface area contributed by atoms with Crippen LogP contribution < -0.4 is 14.8 Å². The molecule has 0 bridgehead atoms. The minimum Gasteiger partial charge on any atom is -0.496 e. The van der Waals surface area contributed by atoms with Gasteiger partial charge >= 0.3 is 0 Å². The fraction of sp³-hybridized carbons (Fsp3) is 0.333. The summed E-state index contributed by atoms with van der Waals surface area (Å²) in [6.07, 6.45) is 0. The van der Waals surface area contributed by atoms with Crippen LogP contribution in [0, 0.1) is 6.92 Å². The number of benzene rings is 1. The predicted octanol–water partition coefficient (Wildman–Crippen LogP) is 2.19. The lowest BCUT2D eigenvalue weighted by Gasteiger charge is -2.14. The van der Waals surface area contributed by atoms with E-state index in [1.54, 1.807) is 14.2 Å². The molecule has 1 N–H and O–H groups in total. The first kappa shape index (κ1) is 14.3. The molecular formula is C15H19N3O2. The first-order valence-electron chi connectivity index (χ1n) is 6.40. The molecule has 5 nitrogen and oxygen atoms in total. The van der Waals surface area contributed by atoms with E-state index in [0.717, 1.165) is 34.0 Å². The molecule has 2 aromatic rings. The Labute approximate surface area is 118 Å². The number of methoxy groups -OCH3 is 2. The maximum Gasteiger partial charge on any atom is 0.134 e. The molecule has 0 aliphatic carbocycles. The molecule has 0 unspecified atom stereocenters. The molecule has 0 saturated carbocycles. The Morgan fingerprint density at radius 1 is 1.05 bits per heavy atom. The zero-order chi connectivity index (χ0) is 14.5. The summed E-state index contributed by atoms with van der Waals surface area (Å²) in [6, 6.07) is 7.75. The number of hydrogen-bond donors (Lipinski definition) is 1. The number of aromatic nitrogens is 2. The number of nitrogens with one attached hydrogen (secondary N) is 1. The molecule has 2 rings (SSSR count). The standard InChI is InChI=1S/C15H19N3O2/c1-10-14(19-3)8-6-12(15(10)20-4)13-7-5-11(9-16-2)17-18-13/h5-8,16H,9H2,1-4H3. The maximum atomic E-state index is 5.49. The summed E-state index contributed by atoms with van der Waals surface area (Å²) >= 11 is 0. The average molecular weight is 273 g/mol. The molecule has 0 amide bonds. The van der Waals surface area contributed by atoms with Crippen molar-refractivity contribution in [1.82, 2.24) is 15.5 Å². The molecule has 0 fully saturated rings. The van der Waals surface area contributed by atoms with E-state index in [1.165, 1.54) is 0 Å². The van der Waals surface area contributed by atoms with E-state index in [2.05, 4.69) is 15.5 Å². The van der Waals surface area contributed by atoms with Gasteiger partial charge in [0.25, 0.3) is 0 Å². The zero-order valence-electron chi connectivity index (χ0n) is 12.2. The van der Waals surface area contributed by atoms with Crippen molar-refractivity contribution in [3.8, 4) is 22.8 Å². The lowest BCUT2D eigenvalue weighted by molar-refractivity contribution is 0.390. The van der Waals surface area contributed by atoms with E-state index in [1.807, 2.05) is 38.2 Å².